The van der Waals surface area contributed by atoms with Crippen molar-refractivity contribution in [1.29, 1.82) is 0 Å². The summed E-state index contributed by atoms with van der Waals surface area (Å²) >= 11 is 3.54. The molecule has 1 N–H and O–H groups in total. The lowest BCUT2D eigenvalue weighted by molar-refractivity contribution is -0.140. The second-order valence-electron chi connectivity index (χ2n) is 10.2. The number of hydrogen-bond donors (Lipinski definition) is 1. The number of likely N-dealkylation sites (tertiary alicyclic amines) is 1. The molecule has 0 spiro atoms. The summed E-state index contributed by atoms with van der Waals surface area (Å²) in [6.45, 7) is 2.01. The van der Waals surface area contributed by atoms with Gasteiger partial charge in [-0.15, -0.1) is 0 Å². The Kier molecular flexibility index (Phi) is 9.34. The number of aliphatic hydroxyl groups is 1. The minimum Gasteiger partial charge on any atom is -0.494 e. The van der Waals surface area contributed by atoms with Crippen molar-refractivity contribution in [3.63, 3.8) is 0 Å². The molecular formula is C33H35BrN2O4. The molecule has 1 amide bonds. The maximum atomic E-state index is 14.4. The summed E-state index contributed by atoms with van der Waals surface area (Å²) in [4.78, 5) is 21.6. The van der Waals surface area contributed by atoms with Crippen LogP contribution in [0.1, 0.15) is 54.9 Å². The quantitative estimate of drug-likeness (QED) is 0.266. The molecular weight excluding hydrogens is 568 g/mol. The molecule has 208 valence electrons. The second kappa shape index (κ2) is 13.3. The third-order valence-corrected chi connectivity index (χ3v) is 7.89. The second-order valence-corrected chi connectivity index (χ2v) is 11.1. The fraction of sp³-hybridized carbons (Fsp3) is 0.333. The molecule has 3 aromatic rings. The number of halogens is 1. The van der Waals surface area contributed by atoms with Crippen molar-refractivity contribution in [3.8, 4) is 5.75 Å². The van der Waals surface area contributed by atoms with E-state index < -0.39 is 11.6 Å². The Morgan fingerprint density at radius 3 is 2.45 bits per heavy atom. The normalized spacial score (nSPS) is 20.8. The van der Waals surface area contributed by atoms with Gasteiger partial charge in [0.25, 0.3) is 5.91 Å². The van der Waals surface area contributed by atoms with Crippen molar-refractivity contribution in [2.75, 3.05) is 26.3 Å². The number of hydrogen-bond acceptors (Lipinski definition) is 5. The molecule has 0 saturated carbocycles. The number of rotatable bonds is 10. The highest BCUT2D eigenvalue weighted by Crippen LogP contribution is 2.44. The smallest absolute Gasteiger partial charge is 0.255 e. The van der Waals surface area contributed by atoms with E-state index in [-0.39, 0.29) is 12.5 Å². The number of ether oxygens (including phenoxy) is 2. The van der Waals surface area contributed by atoms with Crippen molar-refractivity contribution in [2.45, 2.75) is 43.7 Å². The molecule has 2 heterocycles. The van der Waals surface area contributed by atoms with Gasteiger partial charge in [0.1, 0.15) is 5.75 Å². The SMILES string of the molecule is O=C(N1CCCCC1)[C@]1(C/C=C/c2ccccc2)N=C(c2ccc(OCCCO)cc2)O[C@@H]1c1ccc(Br)cc1. The molecule has 0 aliphatic carbocycles. The van der Waals surface area contributed by atoms with Crippen LogP contribution in [0.4, 0.5) is 0 Å². The first-order valence-corrected chi connectivity index (χ1v) is 14.8. The molecule has 7 heteroatoms. The summed E-state index contributed by atoms with van der Waals surface area (Å²) < 4.78 is 13.3. The van der Waals surface area contributed by atoms with E-state index in [1.807, 2.05) is 83.8 Å². The molecule has 0 aromatic heterocycles. The molecule has 40 heavy (non-hydrogen) atoms. The predicted octanol–water partition coefficient (Wildman–Crippen LogP) is 6.58. The highest BCUT2D eigenvalue weighted by molar-refractivity contribution is 9.10. The monoisotopic (exact) mass is 602 g/mol. The number of carbonyl (C=O) groups excluding carboxylic acids is 1. The first-order valence-electron chi connectivity index (χ1n) is 14.0. The Bertz CT molecular complexity index is 1320. The molecule has 2 aliphatic heterocycles. The highest BCUT2D eigenvalue weighted by atomic mass is 79.9. The summed E-state index contributed by atoms with van der Waals surface area (Å²) in [5.74, 6) is 1.17. The molecule has 3 aromatic carbocycles. The number of amides is 1. The van der Waals surface area contributed by atoms with Crippen LogP contribution in [0.3, 0.4) is 0 Å². The van der Waals surface area contributed by atoms with Gasteiger partial charge in [0.2, 0.25) is 5.90 Å². The van der Waals surface area contributed by atoms with E-state index in [1.165, 1.54) is 0 Å². The summed E-state index contributed by atoms with van der Waals surface area (Å²) in [6.07, 6.45) is 7.64. The maximum absolute atomic E-state index is 14.4. The van der Waals surface area contributed by atoms with Gasteiger partial charge in [-0.3, -0.25) is 4.79 Å². The Hall–Kier alpha value is -3.42. The van der Waals surface area contributed by atoms with Crippen LogP contribution < -0.4 is 4.74 Å². The standard InChI is InChI=1S/C33H35BrN2O4/c34-28-16-12-26(13-17-28)30-33(32(38)36-21-5-2-6-22-36,20-7-11-25-9-3-1-4-10-25)35-31(40-30)27-14-18-29(19-15-27)39-24-8-23-37/h1,3-4,7,9-19,30,37H,2,5-6,8,20-24H2/b11-7+/t30-,33-/m1/s1. The highest BCUT2D eigenvalue weighted by Gasteiger charge is 2.54. The zero-order valence-corrected chi connectivity index (χ0v) is 24.1. The number of carbonyl (C=O) groups is 1. The van der Waals surface area contributed by atoms with Crippen LogP contribution >= 0.6 is 15.9 Å². The lowest BCUT2D eigenvalue weighted by Crippen LogP contribution is -2.51. The van der Waals surface area contributed by atoms with Crippen molar-refractivity contribution in [2.24, 2.45) is 4.99 Å². The molecule has 5 rings (SSSR count). The van der Waals surface area contributed by atoms with Crippen LogP contribution in [0.25, 0.3) is 6.08 Å². The molecule has 2 aliphatic rings. The average molecular weight is 604 g/mol. The largest absolute Gasteiger partial charge is 0.494 e. The molecule has 0 unspecified atom stereocenters. The van der Waals surface area contributed by atoms with Gasteiger partial charge >= 0.3 is 0 Å². The fourth-order valence-corrected chi connectivity index (χ4v) is 5.51. The van der Waals surface area contributed by atoms with Gasteiger partial charge < -0.3 is 19.5 Å². The molecule has 1 fully saturated rings. The summed E-state index contributed by atoms with van der Waals surface area (Å²) in [7, 11) is 0. The Morgan fingerprint density at radius 1 is 1.02 bits per heavy atom. The summed E-state index contributed by atoms with van der Waals surface area (Å²) in [5, 5.41) is 9.03. The first-order chi connectivity index (χ1) is 19.6. The summed E-state index contributed by atoms with van der Waals surface area (Å²) in [5.41, 5.74) is 1.63. The molecule has 0 radical (unpaired) electrons. The van der Waals surface area contributed by atoms with Gasteiger partial charge in [-0.25, -0.2) is 4.99 Å². The van der Waals surface area contributed by atoms with Crippen LogP contribution in [-0.4, -0.2) is 53.7 Å². The number of nitrogens with zero attached hydrogens (tertiary/aromatic N) is 2. The zero-order chi connectivity index (χ0) is 27.8. The lowest BCUT2D eigenvalue weighted by Gasteiger charge is -2.36. The maximum Gasteiger partial charge on any atom is 0.255 e. The van der Waals surface area contributed by atoms with Crippen LogP contribution in [0.5, 0.6) is 5.75 Å². The minimum atomic E-state index is -1.14. The van der Waals surface area contributed by atoms with E-state index in [2.05, 4.69) is 28.1 Å². The number of aliphatic hydroxyl groups excluding tert-OH is 1. The van der Waals surface area contributed by atoms with E-state index >= 15 is 0 Å². The van der Waals surface area contributed by atoms with Crippen LogP contribution in [0.2, 0.25) is 0 Å². The van der Waals surface area contributed by atoms with Gasteiger partial charge in [0.05, 0.1) is 6.61 Å². The van der Waals surface area contributed by atoms with E-state index in [0.29, 0.717) is 31.1 Å². The number of benzene rings is 3. The van der Waals surface area contributed by atoms with Crippen molar-refractivity contribution in [3.05, 3.63) is 106 Å². The average Bonchev–Trinajstić information content (AvgIpc) is 3.39. The van der Waals surface area contributed by atoms with E-state index in [0.717, 1.165) is 53.5 Å². The van der Waals surface area contributed by atoms with E-state index in [4.69, 9.17) is 19.6 Å². The van der Waals surface area contributed by atoms with Crippen LogP contribution in [0.15, 0.2) is 94.4 Å². The van der Waals surface area contributed by atoms with E-state index in [1.54, 1.807) is 0 Å². The Morgan fingerprint density at radius 2 is 1.75 bits per heavy atom. The third kappa shape index (κ3) is 6.48. The molecule has 1 saturated heterocycles. The predicted molar refractivity (Wildman–Crippen MR) is 161 cm³/mol. The molecule has 6 nitrogen and oxygen atoms in total. The summed E-state index contributed by atoms with van der Waals surface area (Å²) in [6, 6.07) is 25.6. The first kappa shape index (κ1) is 28.1. The van der Waals surface area contributed by atoms with Crippen molar-refractivity contribution >= 4 is 33.8 Å². The molecule has 2 atom stereocenters. The topological polar surface area (TPSA) is 71.4 Å². The van der Waals surface area contributed by atoms with Gasteiger partial charge in [0.15, 0.2) is 11.6 Å². The minimum absolute atomic E-state index is 0.0109. The lowest BCUT2D eigenvalue weighted by atomic mass is 9.83. The van der Waals surface area contributed by atoms with E-state index in [9.17, 15) is 4.79 Å². The van der Waals surface area contributed by atoms with Crippen molar-refractivity contribution < 1.29 is 19.4 Å². The Balaban J connectivity index is 1.54. The fourth-order valence-electron chi connectivity index (χ4n) is 5.25. The van der Waals surface area contributed by atoms with Crippen LogP contribution in [-0.2, 0) is 9.53 Å². The van der Waals surface area contributed by atoms with Gasteiger partial charge in [0, 0.05) is 42.6 Å². The number of aliphatic imine (C=N–C) groups is 1. The molecule has 0 bridgehead atoms. The van der Waals surface area contributed by atoms with Crippen molar-refractivity contribution in [1.82, 2.24) is 4.90 Å². The zero-order valence-electron chi connectivity index (χ0n) is 22.5. The number of piperidine rings is 1. The Labute approximate surface area is 244 Å². The van der Waals surface area contributed by atoms with Gasteiger partial charge in [-0.05, 0) is 66.8 Å². The van der Waals surface area contributed by atoms with Gasteiger partial charge in [-0.1, -0.05) is 70.5 Å². The van der Waals surface area contributed by atoms with Gasteiger partial charge in [-0.2, -0.15) is 0 Å². The van der Waals surface area contributed by atoms with Crippen LogP contribution in [0, 0.1) is 0 Å². The third-order valence-electron chi connectivity index (χ3n) is 7.36.